The summed E-state index contributed by atoms with van der Waals surface area (Å²) in [5, 5.41) is 0. The molecule has 0 bridgehead atoms. The second kappa shape index (κ2) is 37.2. The molecule has 0 heterocycles. The quantitative estimate of drug-likeness (QED) is 0.0373. The molecule has 0 aromatic rings. The van der Waals surface area contributed by atoms with E-state index in [2.05, 4.69) is 13.8 Å². The molecule has 0 aromatic heterocycles. The fourth-order valence-corrected chi connectivity index (χ4v) is 6.01. The van der Waals surface area contributed by atoms with Crippen LogP contribution in [0.1, 0.15) is 226 Å². The minimum atomic E-state index is -0.754. The van der Waals surface area contributed by atoms with E-state index in [-0.39, 0.29) is 31.1 Å². The van der Waals surface area contributed by atoms with Crippen LogP contribution in [0.25, 0.3) is 0 Å². The van der Waals surface area contributed by atoms with E-state index < -0.39 is 6.10 Å². The monoisotopic (exact) mass is 667 g/mol. The number of esters is 3. The van der Waals surface area contributed by atoms with Crippen LogP contribution in [0.3, 0.4) is 0 Å². The van der Waals surface area contributed by atoms with Gasteiger partial charge < -0.3 is 14.2 Å². The Labute approximate surface area is 291 Å². The van der Waals surface area contributed by atoms with Gasteiger partial charge in [0.15, 0.2) is 6.10 Å². The molecule has 0 saturated carbocycles. The van der Waals surface area contributed by atoms with Gasteiger partial charge >= 0.3 is 17.9 Å². The van der Waals surface area contributed by atoms with Crippen molar-refractivity contribution in [3.8, 4) is 0 Å². The van der Waals surface area contributed by atoms with Gasteiger partial charge in [0.1, 0.15) is 13.2 Å². The molecule has 0 unspecified atom stereocenters. The first kappa shape index (κ1) is 45.4. The maximum absolute atomic E-state index is 12.5. The molecule has 47 heavy (non-hydrogen) atoms. The van der Waals surface area contributed by atoms with E-state index in [0.29, 0.717) is 25.7 Å². The maximum atomic E-state index is 12.5. The highest BCUT2D eigenvalue weighted by Gasteiger charge is 2.19. The van der Waals surface area contributed by atoms with Crippen molar-refractivity contribution in [2.45, 2.75) is 232 Å². The Hall–Kier alpha value is -1.59. The molecule has 278 valence electrons. The van der Waals surface area contributed by atoms with Crippen molar-refractivity contribution in [1.29, 1.82) is 0 Å². The minimum absolute atomic E-state index is 0.0682. The van der Waals surface area contributed by atoms with Crippen molar-refractivity contribution >= 4 is 17.9 Å². The number of unbranched alkanes of at least 4 members (excludes halogenated alkanes) is 26. The van der Waals surface area contributed by atoms with Gasteiger partial charge in [-0.1, -0.05) is 188 Å². The number of carbonyl (C=O) groups is 3. The van der Waals surface area contributed by atoms with Crippen molar-refractivity contribution in [2.24, 2.45) is 0 Å². The zero-order valence-corrected chi connectivity index (χ0v) is 31.6. The van der Waals surface area contributed by atoms with E-state index in [1.165, 1.54) is 141 Å². The summed E-state index contributed by atoms with van der Waals surface area (Å²) in [4.78, 5) is 36.7. The van der Waals surface area contributed by atoms with Crippen molar-refractivity contribution in [3.05, 3.63) is 0 Å². The summed E-state index contributed by atoms with van der Waals surface area (Å²) >= 11 is 0. The van der Waals surface area contributed by atoms with Crippen LogP contribution in [0.4, 0.5) is 0 Å². The van der Waals surface area contributed by atoms with Crippen LogP contribution in [-0.4, -0.2) is 37.2 Å². The van der Waals surface area contributed by atoms with Crippen LogP contribution in [0.15, 0.2) is 0 Å². The average molecular weight is 667 g/mol. The zero-order chi connectivity index (χ0) is 34.5. The largest absolute Gasteiger partial charge is 0.462 e. The van der Waals surface area contributed by atoms with E-state index >= 15 is 0 Å². The summed E-state index contributed by atoms with van der Waals surface area (Å²) in [5.41, 5.74) is 0. The fourth-order valence-electron chi connectivity index (χ4n) is 6.01. The van der Waals surface area contributed by atoms with Gasteiger partial charge in [-0.25, -0.2) is 0 Å². The van der Waals surface area contributed by atoms with Crippen molar-refractivity contribution in [1.82, 2.24) is 0 Å². The first-order valence-electron chi connectivity index (χ1n) is 20.5. The predicted molar refractivity (Wildman–Crippen MR) is 197 cm³/mol. The molecule has 0 saturated heterocycles. The molecular formula is C41H78O6. The summed E-state index contributed by atoms with van der Waals surface area (Å²) in [6, 6.07) is 0. The van der Waals surface area contributed by atoms with Crippen LogP contribution < -0.4 is 0 Å². The van der Waals surface area contributed by atoms with Gasteiger partial charge in [0.25, 0.3) is 0 Å². The molecule has 0 aliphatic rings. The molecule has 0 amide bonds. The van der Waals surface area contributed by atoms with E-state index in [1.807, 2.05) is 6.92 Å². The summed E-state index contributed by atoms with van der Waals surface area (Å²) < 4.78 is 16.3. The summed E-state index contributed by atoms with van der Waals surface area (Å²) in [7, 11) is 0. The molecule has 6 heteroatoms. The highest BCUT2D eigenvalue weighted by atomic mass is 16.6. The van der Waals surface area contributed by atoms with Crippen molar-refractivity contribution in [2.75, 3.05) is 13.2 Å². The lowest BCUT2D eigenvalue weighted by Crippen LogP contribution is -2.30. The normalized spacial score (nSPS) is 11.8. The molecule has 6 nitrogen and oxygen atoms in total. The van der Waals surface area contributed by atoms with Crippen molar-refractivity contribution in [3.63, 3.8) is 0 Å². The molecule has 0 radical (unpaired) electrons. The van der Waals surface area contributed by atoms with Gasteiger partial charge in [-0.2, -0.15) is 0 Å². The molecule has 0 aliphatic carbocycles. The molecule has 1 atom stereocenters. The Morgan fingerprint density at radius 1 is 0.340 bits per heavy atom. The van der Waals surface area contributed by atoms with Gasteiger partial charge in [-0.3, -0.25) is 14.4 Å². The molecule has 0 N–H and O–H groups in total. The molecular weight excluding hydrogens is 588 g/mol. The molecule has 0 aromatic carbocycles. The first-order valence-corrected chi connectivity index (χ1v) is 20.5. The first-order chi connectivity index (χ1) is 23.0. The number of hydrogen-bond acceptors (Lipinski definition) is 6. The van der Waals surface area contributed by atoms with Gasteiger partial charge in [0.05, 0.1) is 0 Å². The molecule has 0 spiro atoms. The van der Waals surface area contributed by atoms with Crippen LogP contribution in [0, 0.1) is 0 Å². The van der Waals surface area contributed by atoms with E-state index in [4.69, 9.17) is 14.2 Å². The minimum Gasteiger partial charge on any atom is -0.462 e. The Morgan fingerprint density at radius 3 is 0.936 bits per heavy atom. The average Bonchev–Trinajstić information content (AvgIpc) is 3.06. The Kier molecular flexibility index (Phi) is 36.0. The number of hydrogen-bond donors (Lipinski definition) is 0. The van der Waals surface area contributed by atoms with Crippen LogP contribution in [0.5, 0.6) is 0 Å². The summed E-state index contributed by atoms with van der Waals surface area (Å²) in [5.74, 6) is -0.922. The SMILES string of the molecule is CCCCCCCCCCCCCCCCCC(=O)O[C@H](COC(=O)CCC)COC(=O)CCCCCCCCCCCCCCC. The van der Waals surface area contributed by atoms with Crippen LogP contribution >= 0.6 is 0 Å². The lowest BCUT2D eigenvalue weighted by molar-refractivity contribution is -0.167. The smallest absolute Gasteiger partial charge is 0.306 e. The zero-order valence-electron chi connectivity index (χ0n) is 31.6. The summed E-state index contributed by atoms with van der Waals surface area (Å²) in [6.07, 6.45) is 36.4. The van der Waals surface area contributed by atoms with Gasteiger partial charge in [-0.05, 0) is 19.3 Å². The third-order valence-corrected chi connectivity index (χ3v) is 9.08. The number of ether oxygens (including phenoxy) is 3. The van der Waals surface area contributed by atoms with Gasteiger partial charge in [0, 0.05) is 19.3 Å². The Morgan fingerprint density at radius 2 is 0.617 bits per heavy atom. The van der Waals surface area contributed by atoms with Gasteiger partial charge in [-0.15, -0.1) is 0 Å². The van der Waals surface area contributed by atoms with Crippen LogP contribution in [0.2, 0.25) is 0 Å². The van der Waals surface area contributed by atoms with E-state index in [9.17, 15) is 14.4 Å². The fraction of sp³-hybridized carbons (Fsp3) is 0.927. The van der Waals surface area contributed by atoms with Crippen LogP contribution in [-0.2, 0) is 28.6 Å². The summed E-state index contributed by atoms with van der Waals surface area (Å²) in [6.45, 7) is 6.30. The topological polar surface area (TPSA) is 78.9 Å². The highest BCUT2D eigenvalue weighted by molar-refractivity contribution is 5.71. The third-order valence-electron chi connectivity index (χ3n) is 9.08. The van der Waals surface area contributed by atoms with Crippen molar-refractivity contribution < 1.29 is 28.6 Å². The molecule has 0 aliphatic heterocycles. The predicted octanol–water partition coefficient (Wildman–Crippen LogP) is 12.5. The Balaban J connectivity index is 3.97. The number of rotatable bonds is 37. The lowest BCUT2D eigenvalue weighted by atomic mass is 10.0. The highest BCUT2D eigenvalue weighted by Crippen LogP contribution is 2.15. The molecule has 0 fully saturated rings. The molecule has 0 rings (SSSR count). The maximum Gasteiger partial charge on any atom is 0.306 e. The second-order valence-corrected chi connectivity index (χ2v) is 13.9. The Bertz CT molecular complexity index is 693. The second-order valence-electron chi connectivity index (χ2n) is 13.9. The third kappa shape index (κ3) is 35.5. The number of carbonyl (C=O) groups excluding carboxylic acids is 3. The lowest BCUT2D eigenvalue weighted by Gasteiger charge is -2.18. The van der Waals surface area contributed by atoms with E-state index in [1.54, 1.807) is 0 Å². The standard InChI is InChI=1S/C41H78O6/c1-4-7-9-11-13-15-17-19-20-22-24-26-28-30-32-35-41(44)47-38(36-45-39(42)33-6-3)37-46-40(43)34-31-29-27-25-23-21-18-16-14-12-10-8-5-2/h38H,4-37H2,1-3H3/t38-/m1/s1. The van der Waals surface area contributed by atoms with Gasteiger partial charge in [0.2, 0.25) is 0 Å². The van der Waals surface area contributed by atoms with E-state index in [0.717, 1.165) is 38.5 Å².